The van der Waals surface area contributed by atoms with Gasteiger partial charge in [-0.15, -0.1) is 0 Å². The molecule has 0 aromatic carbocycles. The van der Waals surface area contributed by atoms with Crippen molar-refractivity contribution in [2.75, 3.05) is 39.3 Å². The number of nitrogens with one attached hydrogen (secondary N) is 1. The summed E-state index contributed by atoms with van der Waals surface area (Å²) in [7, 11) is 0. The second-order valence-electron chi connectivity index (χ2n) is 8.66. The van der Waals surface area contributed by atoms with E-state index in [9.17, 15) is 4.79 Å². The lowest BCUT2D eigenvalue weighted by molar-refractivity contribution is -0.121. The van der Waals surface area contributed by atoms with Crippen LogP contribution < -0.4 is 5.32 Å². The molecule has 1 saturated carbocycles. The molecule has 1 aliphatic heterocycles. The zero-order valence-corrected chi connectivity index (χ0v) is 17.5. The third-order valence-electron chi connectivity index (χ3n) is 6.39. The zero-order chi connectivity index (χ0) is 18.6. The molecule has 2 rings (SSSR count). The first-order chi connectivity index (χ1) is 12.7. The second kappa shape index (κ2) is 12.7. The average molecular weight is 366 g/mol. The van der Waals surface area contributed by atoms with Gasteiger partial charge in [0.05, 0.1) is 0 Å². The van der Waals surface area contributed by atoms with Gasteiger partial charge in [0.15, 0.2) is 0 Å². The first kappa shape index (κ1) is 21.7. The Morgan fingerprint density at radius 3 is 2.35 bits per heavy atom. The fourth-order valence-corrected chi connectivity index (χ4v) is 4.45. The van der Waals surface area contributed by atoms with Crippen molar-refractivity contribution in [3.8, 4) is 0 Å². The van der Waals surface area contributed by atoms with Crippen molar-refractivity contribution in [1.29, 1.82) is 0 Å². The van der Waals surface area contributed by atoms with E-state index in [1.54, 1.807) is 0 Å². The molecule has 0 atom stereocenters. The molecular weight excluding hydrogens is 322 g/mol. The molecule has 4 heteroatoms. The summed E-state index contributed by atoms with van der Waals surface area (Å²) in [6.07, 6.45) is 13.4. The highest BCUT2D eigenvalue weighted by atomic mass is 16.1. The van der Waals surface area contributed by atoms with Crippen LogP contribution in [-0.4, -0.2) is 61.0 Å². The maximum absolute atomic E-state index is 11.8. The van der Waals surface area contributed by atoms with Gasteiger partial charge in [-0.3, -0.25) is 9.69 Å². The lowest BCUT2D eigenvalue weighted by Gasteiger charge is -2.41. The number of hydrogen-bond acceptors (Lipinski definition) is 3. The summed E-state index contributed by atoms with van der Waals surface area (Å²) >= 11 is 0. The largest absolute Gasteiger partial charge is 0.356 e. The van der Waals surface area contributed by atoms with Crippen LogP contribution in [0.4, 0.5) is 0 Å². The highest BCUT2D eigenvalue weighted by molar-refractivity contribution is 5.75. The maximum Gasteiger partial charge on any atom is 0.219 e. The molecule has 0 aromatic heterocycles. The van der Waals surface area contributed by atoms with Crippen molar-refractivity contribution >= 4 is 5.91 Å². The molecule has 1 aliphatic carbocycles. The van der Waals surface area contributed by atoms with Crippen molar-refractivity contribution in [3.63, 3.8) is 0 Å². The van der Waals surface area contributed by atoms with Crippen molar-refractivity contribution in [3.05, 3.63) is 0 Å². The third kappa shape index (κ3) is 8.39. The molecule has 1 N–H and O–H groups in total. The summed E-state index contributed by atoms with van der Waals surface area (Å²) in [5.41, 5.74) is 0. The molecular formula is C22H43N3O. The SMILES string of the molecule is CCCCCNC(=O)CCCCCN1CCN(C2CCC(C)CC2)CC1. The lowest BCUT2D eigenvalue weighted by atomic mass is 9.86. The maximum atomic E-state index is 11.8. The number of unbranched alkanes of at least 4 members (excludes halogenated alkanes) is 4. The van der Waals surface area contributed by atoms with E-state index in [1.165, 1.54) is 84.1 Å². The number of piperazine rings is 1. The Labute approximate surface area is 162 Å². The monoisotopic (exact) mass is 365 g/mol. The Morgan fingerprint density at radius 2 is 1.65 bits per heavy atom. The van der Waals surface area contributed by atoms with Gasteiger partial charge in [0.2, 0.25) is 5.91 Å². The van der Waals surface area contributed by atoms with Crippen molar-refractivity contribution in [2.24, 2.45) is 5.92 Å². The molecule has 1 saturated heterocycles. The van der Waals surface area contributed by atoms with E-state index in [0.29, 0.717) is 6.42 Å². The van der Waals surface area contributed by atoms with Crippen LogP contribution in [0.5, 0.6) is 0 Å². The van der Waals surface area contributed by atoms with Gasteiger partial charge in [-0.2, -0.15) is 0 Å². The summed E-state index contributed by atoms with van der Waals surface area (Å²) < 4.78 is 0. The first-order valence-electron chi connectivity index (χ1n) is 11.4. The number of rotatable bonds is 11. The predicted molar refractivity (Wildman–Crippen MR) is 110 cm³/mol. The van der Waals surface area contributed by atoms with Crippen LogP contribution in [0.15, 0.2) is 0 Å². The minimum absolute atomic E-state index is 0.247. The minimum atomic E-state index is 0.247. The molecule has 1 amide bonds. The van der Waals surface area contributed by atoms with E-state index in [2.05, 4.69) is 29.0 Å². The van der Waals surface area contributed by atoms with Crippen LogP contribution in [-0.2, 0) is 4.79 Å². The molecule has 152 valence electrons. The molecule has 0 aromatic rings. The summed E-state index contributed by atoms with van der Waals surface area (Å²) in [5, 5.41) is 3.04. The second-order valence-corrected chi connectivity index (χ2v) is 8.66. The summed E-state index contributed by atoms with van der Waals surface area (Å²) in [4.78, 5) is 17.1. The zero-order valence-electron chi connectivity index (χ0n) is 17.5. The van der Waals surface area contributed by atoms with Crippen molar-refractivity contribution in [1.82, 2.24) is 15.1 Å². The molecule has 0 spiro atoms. The summed E-state index contributed by atoms with van der Waals surface area (Å²) in [6.45, 7) is 11.7. The Bertz CT molecular complexity index is 372. The van der Waals surface area contributed by atoms with Gasteiger partial charge in [-0.1, -0.05) is 33.1 Å². The average Bonchev–Trinajstić information content (AvgIpc) is 2.66. The molecule has 2 fully saturated rings. The third-order valence-corrected chi connectivity index (χ3v) is 6.39. The van der Waals surface area contributed by atoms with Crippen LogP contribution in [0.2, 0.25) is 0 Å². The molecule has 1 heterocycles. The highest BCUT2D eigenvalue weighted by Gasteiger charge is 2.26. The minimum Gasteiger partial charge on any atom is -0.356 e. The Kier molecular flexibility index (Phi) is 10.6. The van der Waals surface area contributed by atoms with E-state index >= 15 is 0 Å². The van der Waals surface area contributed by atoms with Crippen LogP contribution in [0, 0.1) is 5.92 Å². The van der Waals surface area contributed by atoms with Crippen LogP contribution in [0.1, 0.15) is 84.5 Å². The van der Waals surface area contributed by atoms with E-state index in [-0.39, 0.29) is 5.91 Å². The Morgan fingerprint density at radius 1 is 0.923 bits per heavy atom. The number of nitrogens with zero attached hydrogens (tertiary/aromatic N) is 2. The number of amides is 1. The fourth-order valence-electron chi connectivity index (χ4n) is 4.45. The fraction of sp³-hybridized carbons (Fsp3) is 0.955. The predicted octanol–water partition coefficient (Wildman–Crippen LogP) is 4.05. The van der Waals surface area contributed by atoms with Gasteiger partial charge < -0.3 is 10.2 Å². The molecule has 0 unspecified atom stereocenters. The van der Waals surface area contributed by atoms with Gasteiger partial charge in [0.25, 0.3) is 0 Å². The van der Waals surface area contributed by atoms with Gasteiger partial charge in [0, 0.05) is 45.2 Å². The standard InChI is InChI=1S/C22H43N3O/c1-3-4-7-14-23-22(26)9-6-5-8-15-24-16-18-25(19-17-24)21-12-10-20(2)11-13-21/h20-21H,3-19H2,1-2H3,(H,23,26). The molecule has 0 bridgehead atoms. The van der Waals surface area contributed by atoms with Gasteiger partial charge in [0.1, 0.15) is 0 Å². The van der Waals surface area contributed by atoms with Gasteiger partial charge >= 0.3 is 0 Å². The highest BCUT2D eigenvalue weighted by Crippen LogP contribution is 2.27. The van der Waals surface area contributed by atoms with Gasteiger partial charge in [-0.05, 0) is 57.4 Å². The normalized spacial score (nSPS) is 25.3. The topological polar surface area (TPSA) is 35.6 Å². The van der Waals surface area contributed by atoms with E-state index in [0.717, 1.165) is 31.3 Å². The Balaban J connectivity index is 1.44. The van der Waals surface area contributed by atoms with Crippen LogP contribution >= 0.6 is 0 Å². The molecule has 26 heavy (non-hydrogen) atoms. The smallest absolute Gasteiger partial charge is 0.219 e. The van der Waals surface area contributed by atoms with E-state index in [1.807, 2.05) is 0 Å². The van der Waals surface area contributed by atoms with Crippen LogP contribution in [0.25, 0.3) is 0 Å². The molecule has 4 nitrogen and oxygen atoms in total. The molecule has 2 aliphatic rings. The number of carbonyl (C=O) groups excluding carboxylic acids is 1. The number of carbonyl (C=O) groups is 1. The van der Waals surface area contributed by atoms with Crippen molar-refractivity contribution in [2.45, 2.75) is 90.5 Å². The van der Waals surface area contributed by atoms with E-state index in [4.69, 9.17) is 0 Å². The van der Waals surface area contributed by atoms with Crippen LogP contribution in [0.3, 0.4) is 0 Å². The Hall–Kier alpha value is -0.610. The first-order valence-corrected chi connectivity index (χ1v) is 11.4. The number of hydrogen-bond donors (Lipinski definition) is 1. The molecule has 0 radical (unpaired) electrons. The summed E-state index contributed by atoms with van der Waals surface area (Å²) in [6, 6.07) is 0.865. The van der Waals surface area contributed by atoms with Crippen molar-refractivity contribution < 1.29 is 4.79 Å². The lowest BCUT2D eigenvalue weighted by Crippen LogP contribution is -2.51. The van der Waals surface area contributed by atoms with Gasteiger partial charge in [-0.25, -0.2) is 0 Å². The van der Waals surface area contributed by atoms with E-state index < -0.39 is 0 Å². The quantitative estimate of drug-likeness (QED) is 0.561. The summed E-state index contributed by atoms with van der Waals surface area (Å²) in [5.74, 6) is 1.20.